The van der Waals surface area contributed by atoms with Crippen molar-refractivity contribution in [1.82, 2.24) is 0 Å². The van der Waals surface area contributed by atoms with Gasteiger partial charge in [0.15, 0.2) is 0 Å². The van der Waals surface area contributed by atoms with Crippen molar-refractivity contribution in [3.63, 3.8) is 0 Å². The Kier molecular flexibility index (Phi) is 5.98. The van der Waals surface area contributed by atoms with E-state index in [1.807, 2.05) is 6.07 Å². The highest BCUT2D eigenvalue weighted by Crippen LogP contribution is 2.33. The predicted octanol–water partition coefficient (Wildman–Crippen LogP) is 5.90. The number of nitrogens with zero attached hydrogens (tertiary/aromatic N) is 1. The second-order valence-corrected chi connectivity index (χ2v) is 6.40. The van der Waals surface area contributed by atoms with Crippen molar-refractivity contribution in [3.05, 3.63) is 71.8 Å². The zero-order valence-electron chi connectivity index (χ0n) is 15.8. The Morgan fingerprint density at radius 1 is 1.03 bits per heavy atom. The molecule has 1 amide bonds. The lowest BCUT2D eigenvalue weighted by Gasteiger charge is -2.11. The van der Waals surface area contributed by atoms with Gasteiger partial charge in [-0.2, -0.15) is 13.2 Å². The van der Waals surface area contributed by atoms with Crippen LogP contribution in [0.15, 0.2) is 65.7 Å². The molecule has 150 valence electrons. The van der Waals surface area contributed by atoms with Crippen LogP contribution in [0.25, 0.3) is 10.8 Å². The number of ether oxygens (including phenoxy) is 2. The number of rotatable bonds is 5. The molecule has 0 unspecified atom stereocenters. The summed E-state index contributed by atoms with van der Waals surface area (Å²) in [5, 5.41) is 1.47. The van der Waals surface area contributed by atoms with Crippen LogP contribution in [-0.4, -0.2) is 25.3 Å². The monoisotopic (exact) mass is 401 g/mol. The summed E-state index contributed by atoms with van der Waals surface area (Å²) < 4.78 is 48.8. The normalized spacial score (nSPS) is 12.2. The van der Waals surface area contributed by atoms with Crippen LogP contribution >= 0.6 is 0 Å². The Morgan fingerprint density at radius 3 is 2.41 bits per heavy atom. The highest BCUT2D eigenvalue weighted by atomic mass is 19.4. The molecule has 0 radical (unpaired) electrons. The predicted molar refractivity (Wildman–Crippen MR) is 105 cm³/mol. The molecule has 3 aromatic rings. The van der Waals surface area contributed by atoms with E-state index in [1.165, 1.54) is 19.2 Å². The molecule has 3 aromatic carbocycles. The van der Waals surface area contributed by atoms with Gasteiger partial charge in [-0.1, -0.05) is 12.1 Å². The highest BCUT2D eigenvalue weighted by molar-refractivity contribution is 6.06. The molecule has 0 heterocycles. The van der Waals surface area contributed by atoms with Gasteiger partial charge >= 0.3 is 6.18 Å². The minimum absolute atomic E-state index is 0.268. The van der Waals surface area contributed by atoms with E-state index in [-0.39, 0.29) is 18.3 Å². The lowest BCUT2D eigenvalue weighted by Crippen LogP contribution is -2.06. The average molecular weight is 401 g/mol. The number of fused-ring (bicyclic) bond motifs is 1. The SMILES string of the molecule is COCC(C)=NC(=O)c1ccc2c(Oc3ccc(C(F)(F)F)cc3)cccc2c1. The molecule has 0 bridgehead atoms. The molecule has 0 saturated carbocycles. The van der Waals surface area contributed by atoms with Crippen molar-refractivity contribution in [1.29, 1.82) is 0 Å². The van der Waals surface area contributed by atoms with Gasteiger partial charge in [-0.3, -0.25) is 4.79 Å². The van der Waals surface area contributed by atoms with E-state index >= 15 is 0 Å². The van der Waals surface area contributed by atoms with Crippen LogP contribution in [0.3, 0.4) is 0 Å². The number of hydrogen-bond acceptors (Lipinski definition) is 3. The molecule has 0 atom stereocenters. The Balaban J connectivity index is 1.87. The van der Waals surface area contributed by atoms with Crippen molar-refractivity contribution in [2.45, 2.75) is 13.1 Å². The summed E-state index contributed by atoms with van der Waals surface area (Å²) >= 11 is 0. The molecular weight excluding hydrogens is 383 g/mol. The minimum Gasteiger partial charge on any atom is -0.457 e. The first-order chi connectivity index (χ1) is 13.8. The van der Waals surface area contributed by atoms with E-state index in [9.17, 15) is 18.0 Å². The Hall–Kier alpha value is -3.19. The van der Waals surface area contributed by atoms with E-state index in [0.29, 0.717) is 17.0 Å². The lowest BCUT2D eigenvalue weighted by molar-refractivity contribution is -0.137. The standard InChI is InChI=1S/C22H18F3NO3/c1-14(13-28-2)26-21(27)16-6-11-19-15(12-16)4-3-5-20(19)29-18-9-7-17(8-10-18)22(23,24)25/h3-12H,13H2,1-2H3. The fourth-order valence-corrected chi connectivity index (χ4v) is 2.79. The average Bonchev–Trinajstić information content (AvgIpc) is 2.67. The number of halogens is 3. The van der Waals surface area contributed by atoms with Crippen LogP contribution in [-0.2, 0) is 10.9 Å². The number of methoxy groups -OCH3 is 1. The van der Waals surface area contributed by atoms with Gasteiger partial charge in [0.25, 0.3) is 5.91 Å². The largest absolute Gasteiger partial charge is 0.457 e. The zero-order chi connectivity index (χ0) is 21.0. The van der Waals surface area contributed by atoms with Gasteiger partial charge in [-0.05, 0) is 60.8 Å². The summed E-state index contributed by atoms with van der Waals surface area (Å²) in [6.07, 6.45) is -4.40. The van der Waals surface area contributed by atoms with Gasteiger partial charge in [0.1, 0.15) is 11.5 Å². The molecule has 0 fully saturated rings. The van der Waals surface area contributed by atoms with Gasteiger partial charge in [0.2, 0.25) is 0 Å². The van der Waals surface area contributed by atoms with Crippen LogP contribution in [0.1, 0.15) is 22.8 Å². The first-order valence-corrected chi connectivity index (χ1v) is 8.73. The fourth-order valence-electron chi connectivity index (χ4n) is 2.79. The molecular formula is C22H18F3NO3. The summed E-state index contributed by atoms with van der Waals surface area (Å²) in [6.45, 7) is 1.98. The van der Waals surface area contributed by atoms with Crippen molar-refractivity contribution < 1.29 is 27.4 Å². The molecule has 0 aliphatic rings. The van der Waals surface area contributed by atoms with Gasteiger partial charge in [-0.25, -0.2) is 4.99 Å². The van der Waals surface area contributed by atoms with E-state index in [2.05, 4.69) is 4.99 Å². The highest BCUT2D eigenvalue weighted by Gasteiger charge is 2.30. The smallest absolute Gasteiger partial charge is 0.416 e. The maximum absolute atomic E-state index is 12.7. The Morgan fingerprint density at radius 2 is 1.76 bits per heavy atom. The first kappa shape index (κ1) is 20.5. The molecule has 0 aliphatic heterocycles. The number of aliphatic imine (C=N–C) groups is 1. The summed E-state index contributed by atoms with van der Waals surface area (Å²) in [5.74, 6) is 0.376. The van der Waals surface area contributed by atoms with Crippen molar-refractivity contribution in [3.8, 4) is 11.5 Å². The van der Waals surface area contributed by atoms with Crippen LogP contribution < -0.4 is 4.74 Å². The summed E-state index contributed by atoms with van der Waals surface area (Å²) in [6, 6.07) is 14.8. The van der Waals surface area contributed by atoms with E-state index in [4.69, 9.17) is 9.47 Å². The van der Waals surface area contributed by atoms with Gasteiger partial charge in [0, 0.05) is 23.8 Å². The fraction of sp³-hybridized carbons (Fsp3) is 0.182. The molecule has 29 heavy (non-hydrogen) atoms. The van der Waals surface area contributed by atoms with Gasteiger partial charge < -0.3 is 9.47 Å². The van der Waals surface area contributed by atoms with E-state index in [0.717, 1.165) is 22.9 Å². The second-order valence-electron chi connectivity index (χ2n) is 6.40. The number of hydrogen-bond donors (Lipinski definition) is 0. The summed E-state index contributed by atoms with van der Waals surface area (Å²) in [4.78, 5) is 16.3. The molecule has 0 spiro atoms. The number of carbonyl (C=O) groups excluding carboxylic acids is 1. The Labute approximate surface area is 165 Å². The van der Waals surface area contributed by atoms with Crippen molar-refractivity contribution >= 4 is 22.4 Å². The minimum atomic E-state index is -4.40. The number of amides is 1. The quantitative estimate of drug-likeness (QED) is 0.500. The van der Waals surface area contributed by atoms with Crippen LogP contribution in [0, 0.1) is 0 Å². The Bertz CT molecular complexity index is 1060. The molecule has 3 rings (SSSR count). The van der Waals surface area contributed by atoms with Crippen molar-refractivity contribution in [2.75, 3.05) is 13.7 Å². The van der Waals surface area contributed by atoms with Crippen LogP contribution in [0.2, 0.25) is 0 Å². The molecule has 0 saturated heterocycles. The number of carbonyl (C=O) groups is 1. The van der Waals surface area contributed by atoms with E-state index in [1.54, 1.807) is 37.3 Å². The van der Waals surface area contributed by atoms with Crippen molar-refractivity contribution in [2.24, 2.45) is 4.99 Å². The van der Waals surface area contributed by atoms with E-state index < -0.39 is 11.7 Å². The third-order valence-corrected chi connectivity index (χ3v) is 4.14. The molecule has 0 N–H and O–H groups in total. The number of benzene rings is 3. The van der Waals surface area contributed by atoms with Gasteiger partial charge in [0.05, 0.1) is 12.2 Å². The number of alkyl halides is 3. The lowest BCUT2D eigenvalue weighted by atomic mass is 10.1. The van der Waals surface area contributed by atoms with Crippen LogP contribution in [0.4, 0.5) is 13.2 Å². The summed E-state index contributed by atoms with van der Waals surface area (Å²) in [7, 11) is 1.53. The third-order valence-electron chi connectivity index (χ3n) is 4.14. The molecule has 0 aromatic heterocycles. The third kappa shape index (κ3) is 5.00. The zero-order valence-corrected chi connectivity index (χ0v) is 15.8. The van der Waals surface area contributed by atoms with Crippen LogP contribution in [0.5, 0.6) is 11.5 Å². The van der Waals surface area contributed by atoms with Gasteiger partial charge in [-0.15, -0.1) is 0 Å². The maximum atomic E-state index is 12.7. The molecule has 0 aliphatic carbocycles. The first-order valence-electron chi connectivity index (χ1n) is 8.73. The summed E-state index contributed by atoms with van der Waals surface area (Å²) in [5.41, 5.74) is 0.242. The molecule has 7 heteroatoms. The topological polar surface area (TPSA) is 47.9 Å². The second kappa shape index (κ2) is 8.45. The maximum Gasteiger partial charge on any atom is 0.416 e. The molecule has 4 nitrogen and oxygen atoms in total.